The number of aliphatic hydroxyl groups excluding tert-OH is 1. The number of nitrogens with one attached hydrogen (secondary N) is 2. The summed E-state index contributed by atoms with van der Waals surface area (Å²) in [6.07, 6.45) is -11.0. The van der Waals surface area contributed by atoms with Gasteiger partial charge in [-0.1, -0.05) is 42.5 Å². The van der Waals surface area contributed by atoms with E-state index in [0.29, 0.717) is 17.8 Å². The Kier molecular flexibility index (Phi) is 8.13. The molecule has 4 rings (SSSR count). The molecule has 0 aliphatic carbocycles. The highest BCUT2D eigenvalue weighted by molar-refractivity contribution is 5.45. The van der Waals surface area contributed by atoms with Gasteiger partial charge in [0.15, 0.2) is 6.35 Å². The summed E-state index contributed by atoms with van der Waals surface area (Å²) in [7, 11) is 0. The van der Waals surface area contributed by atoms with Gasteiger partial charge in [0, 0.05) is 24.4 Å². The molecule has 2 unspecified atom stereocenters. The normalized spacial score (nSPS) is 14.4. The van der Waals surface area contributed by atoms with Crippen LogP contribution in [0.25, 0.3) is 0 Å². The number of rotatable bonds is 8. The third kappa shape index (κ3) is 6.75. The van der Waals surface area contributed by atoms with Crippen molar-refractivity contribution in [1.29, 1.82) is 0 Å². The van der Waals surface area contributed by atoms with Crippen LogP contribution in [0.15, 0.2) is 91.1 Å². The van der Waals surface area contributed by atoms with Crippen molar-refractivity contribution >= 4 is 5.69 Å². The number of pyridine rings is 1. The SMILES string of the molecule is OC(Nc1cc(F)cc(F)c1)NC(Cc1ccccc1)(c1cccc(C(F)(F)F)c1)c1ccc(C(F)(F)F)cn1. The lowest BCUT2D eigenvalue weighted by atomic mass is 9.79. The van der Waals surface area contributed by atoms with E-state index in [2.05, 4.69) is 15.6 Å². The molecule has 1 heterocycles. The summed E-state index contributed by atoms with van der Waals surface area (Å²) in [4.78, 5) is 3.95. The monoisotopic (exact) mass is 567 g/mol. The van der Waals surface area contributed by atoms with Crippen molar-refractivity contribution in [1.82, 2.24) is 10.3 Å². The van der Waals surface area contributed by atoms with Crippen LogP contribution in [-0.4, -0.2) is 16.4 Å². The maximum absolute atomic E-state index is 13.7. The molecular formula is C28H21F8N3O. The second-order valence-electron chi connectivity index (χ2n) is 8.93. The van der Waals surface area contributed by atoms with Crippen LogP contribution in [0.3, 0.4) is 0 Å². The van der Waals surface area contributed by atoms with Gasteiger partial charge < -0.3 is 10.4 Å². The minimum absolute atomic E-state index is 0.0929. The highest BCUT2D eigenvalue weighted by Gasteiger charge is 2.41. The van der Waals surface area contributed by atoms with E-state index in [4.69, 9.17) is 0 Å². The standard InChI is InChI=1S/C28H21F8N3O/c29-21-12-22(30)14-23(13-21)38-25(40)39-26(15-17-5-2-1-3-6-17,18-7-4-8-19(11-18)27(31,32)33)24-10-9-20(16-37-24)28(34,35)36/h1-14,16,25,38-40H,15H2. The van der Waals surface area contributed by atoms with Crippen molar-refractivity contribution in [3.63, 3.8) is 0 Å². The van der Waals surface area contributed by atoms with Crippen LogP contribution in [0.5, 0.6) is 0 Å². The number of aromatic nitrogens is 1. The molecule has 0 radical (unpaired) electrons. The first-order valence-corrected chi connectivity index (χ1v) is 11.7. The van der Waals surface area contributed by atoms with Crippen LogP contribution in [0.1, 0.15) is 27.9 Å². The summed E-state index contributed by atoms with van der Waals surface area (Å²) in [6, 6.07) is 16.3. The number of anilines is 1. The molecule has 0 spiro atoms. The lowest BCUT2D eigenvalue weighted by molar-refractivity contribution is -0.138. The quantitative estimate of drug-likeness (QED) is 0.161. The van der Waals surface area contributed by atoms with E-state index >= 15 is 0 Å². The zero-order valence-corrected chi connectivity index (χ0v) is 20.4. The van der Waals surface area contributed by atoms with E-state index in [0.717, 1.165) is 42.5 Å². The highest BCUT2D eigenvalue weighted by atomic mass is 19.4. The van der Waals surface area contributed by atoms with Gasteiger partial charge in [-0.25, -0.2) is 8.78 Å². The van der Waals surface area contributed by atoms with Gasteiger partial charge in [-0.3, -0.25) is 10.3 Å². The van der Waals surface area contributed by atoms with Crippen molar-refractivity contribution in [3.05, 3.63) is 131 Å². The minimum atomic E-state index is -4.77. The van der Waals surface area contributed by atoms with Crippen LogP contribution in [0, 0.1) is 11.6 Å². The van der Waals surface area contributed by atoms with E-state index in [1.165, 1.54) is 6.07 Å². The Morgan fingerprint density at radius 2 is 1.32 bits per heavy atom. The molecule has 3 aromatic carbocycles. The van der Waals surface area contributed by atoms with Gasteiger partial charge in [0.2, 0.25) is 0 Å². The lowest BCUT2D eigenvalue weighted by Crippen LogP contribution is -2.53. The fourth-order valence-corrected chi connectivity index (χ4v) is 4.29. The van der Waals surface area contributed by atoms with Crippen LogP contribution < -0.4 is 10.6 Å². The fraction of sp³-hybridized carbons (Fsp3) is 0.179. The number of alkyl halides is 6. The van der Waals surface area contributed by atoms with Gasteiger partial charge >= 0.3 is 12.4 Å². The molecule has 0 saturated carbocycles. The average Bonchev–Trinajstić information content (AvgIpc) is 2.87. The second-order valence-corrected chi connectivity index (χ2v) is 8.93. The smallest absolute Gasteiger partial charge is 0.361 e. The van der Waals surface area contributed by atoms with E-state index in [9.17, 15) is 40.2 Å². The molecule has 40 heavy (non-hydrogen) atoms. The Labute approximate surface area is 223 Å². The van der Waals surface area contributed by atoms with Crippen LogP contribution in [0.2, 0.25) is 0 Å². The maximum atomic E-state index is 13.7. The summed E-state index contributed by atoms with van der Waals surface area (Å²) >= 11 is 0. The first kappa shape index (κ1) is 29.0. The molecule has 4 aromatic rings. The minimum Gasteiger partial charge on any atom is -0.361 e. The zero-order valence-electron chi connectivity index (χ0n) is 20.4. The summed E-state index contributed by atoms with van der Waals surface area (Å²) < 4.78 is 108. The number of benzene rings is 3. The van der Waals surface area contributed by atoms with Gasteiger partial charge in [-0.05, 0) is 47.5 Å². The summed E-state index contributed by atoms with van der Waals surface area (Å²) in [6.45, 7) is 0. The van der Waals surface area contributed by atoms with E-state index < -0.39 is 47.0 Å². The second kappa shape index (κ2) is 11.2. The van der Waals surface area contributed by atoms with Gasteiger partial charge in [0.05, 0.1) is 22.4 Å². The highest BCUT2D eigenvalue weighted by Crippen LogP contribution is 2.38. The molecule has 0 amide bonds. The third-order valence-electron chi connectivity index (χ3n) is 6.07. The molecule has 0 fully saturated rings. The van der Waals surface area contributed by atoms with Crippen molar-refractivity contribution in [2.24, 2.45) is 0 Å². The predicted octanol–water partition coefficient (Wildman–Crippen LogP) is 6.86. The molecule has 1 aromatic heterocycles. The molecule has 0 aliphatic heterocycles. The number of hydrogen-bond acceptors (Lipinski definition) is 4. The Morgan fingerprint density at radius 3 is 1.90 bits per heavy atom. The summed E-state index contributed by atoms with van der Waals surface area (Å²) in [5, 5.41) is 16.1. The van der Waals surface area contributed by atoms with Gasteiger partial charge in [0.1, 0.15) is 11.6 Å². The summed E-state index contributed by atoms with van der Waals surface area (Å²) in [5.74, 6) is -1.93. The van der Waals surface area contributed by atoms with Crippen LogP contribution >= 0.6 is 0 Å². The maximum Gasteiger partial charge on any atom is 0.417 e. The predicted molar refractivity (Wildman–Crippen MR) is 131 cm³/mol. The molecular weight excluding hydrogens is 546 g/mol. The Balaban J connectivity index is 1.89. The number of aliphatic hydroxyl groups is 1. The number of halogens is 8. The molecule has 210 valence electrons. The molecule has 2 atom stereocenters. The van der Waals surface area contributed by atoms with Crippen LogP contribution in [-0.2, 0) is 24.3 Å². The number of hydrogen-bond donors (Lipinski definition) is 3. The van der Waals surface area contributed by atoms with Crippen molar-refractivity contribution in [2.45, 2.75) is 30.7 Å². The van der Waals surface area contributed by atoms with Gasteiger partial charge in [-0.2, -0.15) is 26.3 Å². The number of nitrogens with zero attached hydrogens (tertiary/aromatic N) is 1. The van der Waals surface area contributed by atoms with Crippen molar-refractivity contribution in [3.8, 4) is 0 Å². The first-order valence-electron chi connectivity index (χ1n) is 11.7. The molecule has 0 saturated heterocycles. The fourth-order valence-electron chi connectivity index (χ4n) is 4.29. The van der Waals surface area contributed by atoms with Crippen molar-refractivity contribution < 1.29 is 40.2 Å². The Hall–Kier alpha value is -4.03. The zero-order chi connectivity index (χ0) is 29.1. The molecule has 0 bridgehead atoms. The lowest BCUT2D eigenvalue weighted by Gasteiger charge is -2.38. The molecule has 3 N–H and O–H groups in total. The summed E-state index contributed by atoms with van der Waals surface area (Å²) in [5.41, 5.74) is -3.95. The largest absolute Gasteiger partial charge is 0.417 e. The van der Waals surface area contributed by atoms with Gasteiger partial charge in [0.25, 0.3) is 0 Å². The van der Waals surface area contributed by atoms with E-state index in [1.54, 1.807) is 30.3 Å². The third-order valence-corrected chi connectivity index (χ3v) is 6.07. The van der Waals surface area contributed by atoms with E-state index in [-0.39, 0.29) is 23.4 Å². The van der Waals surface area contributed by atoms with Crippen LogP contribution in [0.4, 0.5) is 40.8 Å². The Bertz CT molecular complexity index is 1420. The average molecular weight is 567 g/mol. The Morgan fingerprint density at radius 1 is 0.700 bits per heavy atom. The van der Waals surface area contributed by atoms with E-state index in [1.807, 2.05) is 0 Å². The first-order chi connectivity index (χ1) is 18.8. The van der Waals surface area contributed by atoms with Gasteiger partial charge in [-0.15, -0.1) is 0 Å². The topological polar surface area (TPSA) is 57.2 Å². The molecule has 12 heteroatoms. The molecule has 0 aliphatic rings. The van der Waals surface area contributed by atoms with Crippen molar-refractivity contribution in [2.75, 3.05) is 5.32 Å². The molecule has 4 nitrogen and oxygen atoms in total.